The third-order valence-corrected chi connectivity index (χ3v) is 5.32. The number of aromatic nitrogens is 4. The molecule has 0 aliphatic rings. The molecular formula is C24H22N4. The Bertz CT molecular complexity index is 1200. The van der Waals surface area contributed by atoms with Crippen LogP contribution in [0.25, 0.3) is 44.8 Å². The van der Waals surface area contributed by atoms with Gasteiger partial charge in [-0.2, -0.15) is 0 Å². The zero-order valence-electron chi connectivity index (χ0n) is 16.1. The van der Waals surface area contributed by atoms with Crippen LogP contribution in [0.1, 0.15) is 13.8 Å². The number of nitrogens with zero attached hydrogens (tertiary/aromatic N) is 4. The van der Waals surface area contributed by atoms with E-state index in [1.54, 1.807) is 0 Å². The molecule has 5 aromatic rings. The monoisotopic (exact) mass is 366 g/mol. The van der Waals surface area contributed by atoms with Gasteiger partial charge in [-0.3, -0.25) is 0 Å². The minimum Gasteiger partial charge on any atom is -0.324 e. The van der Waals surface area contributed by atoms with Crippen molar-refractivity contribution in [1.29, 1.82) is 0 Å². The fourth-order valence-corrected chi connectivity index (χ4v) is 4.03. The van der Waals surface area contributed by atoms with E-state index < -0.39 is 0 Å². The quantitative estimate of drug-likeness (QED) is 0.405. The molecule has 0 aliphatic carbocycles. The Morgan fingerprint density at radius 3 is 1.54 bits per heavy atom. The molecule has 2 aromatic heterocycles. The third-order valence-electron chi connectivity index (χ3n) is 5.32. The van der Waals surface area contributed by atoms with Gasteiger partial charge in [0.05, 0.1) is 22.1 Å². The van der Waals surface area contributed by atoms with Gasteiger partial charge < -0.3 is 9.13 Å². The van der Waals surface area contributed by atoms with E-state index in [2.05, 4.69) is 83.6 Å². The molecule has 4 nitrogen and oxygen atoms in total. The number of fused-ring (bicyclic) bond motifs is 2. The van der Waals surface area contributed by atoms with Gasteiger partial charge in [-0.1, -0.05) is 42.5 Å². The lowest BCUT2D eigenvalue weighted by atomic mass is 10.1. The number of aryl methyl sites for hydroxylation is 2. The second kappa shape index (κ2) is 6.64. The second-order valence-corrected chi connectivity index (χ2v) is 6.92. The molecule has 0 N–H and O–H groups in total. The Morgan fingerprint density at radius 1 is 0.607 bits per heavy atom. The van der Waals surface area contributed by atoms with E-state index in [4.69, 9.17) is 9.97 Å². The molecule has 0 amide bonds. The van der Waals surface area contributed by atoms with Gasteiger partial charge in [-0.05, 0) is 44.2 Å². The number of imidazole rings is 2. The van der Waals surface area contributed by atoms with Gasteiger partial charge in [0, 0.05) is 24.2 Å². The number of para-hydroxylation sites is 4. The standard InChI is InChI=1S/C24H22N4/c1-3-27-21-14-7-5-12-19(21)25-23(27)17-10-9-11-18(16-17)24-26-20-13-6-8-15-22(20)28(24)4-2/h5-16H,3-4H2,1-2H3. The molecule has 28 heavy (non-hydrogen) atoms. The predicted octanol–water partition coefficient (Wildman–Crippen LogP) is 5.76. The van der Waals surface area contributed by atoms with Gasteiger partial charge in [0.1, 0.15) is 11.6 Å². The number of benzene rings is 3. The molecule has 0 bridgehead atoms. The van der Waals surface area contributed by atoms with Crippen LogP contribution in [-0.2, 0) is 13.1 Å². The van der Waals surface area contributed by atoms with Crippen molar-refractivity contribution in [2.75, 3.05) is 0 Å². The summed E-state index contributed by atoms with van der Waals surface area (Å²) in [7, 11) is 0. The van der Waals surface area contributed by atoms with Crippen molar-refractivity contribution in [2.45, 2.75) is 26.9 Å². The second-order valence-electron chi connectivity index (χ2n) is 6.92. The van der Waals surface area contributed by atoms with Gasteiger partial charge in [0.25, 0.3) is 0 Å². The molecule has 0 fully saturated rings. The zero-order chi connectivity index (χ0) is 19.1. The Balaban J connectivity index is 1.70. The van der Waals surface area contributed by atoms with E-state index >= 15 is 0 Å². The molecular weight excluding hydrogens is 344 g/mol. The van der Waals surface area contributed by atoms with E-state index in [9.17, 15) is 0 Å². The van der Waals surface area contributed by atoms with Crippen molar-refractivity contribution in [3.05, 3.63) is 72.8 Å². The minimum atomic E-state index is 0.882. The first-order valence-corrected chi connectivity index (χ1v) is 9.81. The lowest BCUT2D eigenvalue weighted by Gasteiger charge is -2.09. The van der Waals surface area contributed by atoms with Gasteiger partial charge in [-0.15, -0.1) is 0 Å². The van der Waals surface area contributed by atoms with Crippen LogP contribution in [0.3, 0.4) is 0 Å². The van der Waals surface area contributed by atoms with E-state index in [1.807, 2.05) is 12.1 Å². The highest BCUT2D eigenvalue weighted by Gasteiger charge is 2.15. The maximum absolute atomic E-state index is 4.91. The summed E-state index contributed by atoms with van der Waals surface area (Å²) < 4.78 is 4.55. The fraction of sp³-hybridized carbons (Fsp3) is 0.167. The van der Waals surface area contributed by atoms with Crippen LogP contribution in [0.5, 0.6) is 0 Å². The van der Waals surface area contributed by atoms with Crippen molar-refractivity contribution < 1.29 is 0 Å². The predicted molar refractivity (Wildman–Crippen MR) is 115 cm³/mol. The van der Waals surface area contributed by atoms with E-state index in [-0.39, 0.29) is 0 Å². The van der Waals surface area contributed by atoms with Crippen LogP contribution in [0.4, 0.5) is 0 Å². The van der Waals surface area contributed by atoms with Crippen LogP contribution in [0.15, 0.2) is 72.8 Å². The minimum absolute atomic E-state index is 0.882. The molecule has 0 saturated carbocycles. The maximum atomic E-state index is 4.91. The number of hydrogen-bond donors (Lipinski definition) is 0. The molecule has 0 unspecified atom stereocenters. The first kappa shape index (κ1) is 16.8. The smallest absolute Gasteiger partial charge is 0.141 e. The molecule has 0 spiro atoms. The van der Waals surface area contributed by atoms with Crippen LogP contribution in [0.2, 0.25) is 0 Å². The Hall–Kier alpha value is -3.40. The van der Waals surface area contributed by atoms with Crippen molar-refractivity contribution in [1.82, 2.24) is 19.1 Å². The van der Waals surface area contributed by atoms with E-state index in [1.165, 1.54) is 11.0 Å². The van der Waals surface area contributed by atoms with Gasteiger partial charge in [0.15, 0.2) is 0 Å². The lowest BCUT2D eigenvalue weighted by molar-refractivity contribution is 0.794. The molecule has 0 aliphatic heterocycles. The molecule has 3 aromatic carbocycles. The molecule has 0 radical (unpaired) electrons. The molecule has 2 heterocycles. The Morgan fingerprint density at radius 2 is 1.07 bits per heavy atom. The summed E-state index contributed by atoms with van der Waals surface area (Å²) in [6.45, 7) is 6.09. The van der Waals surface area contributed by atoms with Crippen LogP contribution in [-0.4, -0.2) is 19.1 Å². The SMILES string of the molecule is CCn1c(-c2cccc(-c3nc4ccccc4n3CC)c2)nc2ccccc21. The van der Waals surface area contributed by atoms with Gasteiger partial charge in [0.2, 0.25) is 0 Å². The van der Waals surface area contributed by atoms with Gasteiger partial charge in [-0.25, -0.2) is 9.97 Å². The summed E-state index contributed by atoms with van der Waals surface area (Å²) >= 11 is 0. The average molecular weight is 366 g/mol. The maximum Gasteiger partial charge on any atom is 0.141 e. The summed E-state index contributed by atoms with van der Waals surface area (Å²) in [4.78, 5) is 9.82. The van der Waals surface area contributed by atoms with Crippen molar-refractivity contribution >= 4 is 22.1 Å². The van der Waals surface area contributed by atoms with Crippen molar-refractivity contribution in [3.63, 3.8) is 0 Å². The average Bonchev–Trinajstić information content (AvgIpc) is 3.32. The van der Waals surface area contributed by atoms with Crippen molar-refractivity contribution in [3.8, 4) is 22.8 Å². The summed E-state index contributed by atoms with van der Waals surface area (Å²) in [6.07, 6.45) is 0. The summed E-state index contributed by atoms with van der Waals surface area (Å²) in [5.74, 6) is 2.01. The first-order valence-electron chi connectivity index (χ1n) is 9.81. The zero-order valence-corrected chi connectivity index (χ0v) is 16.1. The largest absolute Gasteiger partial charge is 0.324 e. The highest BCUT2D eigenvalue weighted by molar-refractivity contribution is 5.83. The Kier molecular flexibility index (Phi) is 3.97. The summed E-state index contributed by atoms with van der Waals surface area (Å²) in [5.41, 5.74) is 6.64. The first-order chi connectivity index (χ1) is 13.8. The van der Waals surface area contributed by atoms with Gasteiger partial charge >= 0.3 is 0 Å². The molecule has 4 heteroatoms. The fourth-order valence-electron chi connectivity index (χ4n) is 4.03. The Labute approximate surface area is 164 Å². The molecule has 0 atom stereocenters. The highest BCUT2D eigenvalue weighted by atomic mass is 15.1. The van der Waals surface area contributed by atoms with E-state index in [0.29, 0.717) is 0 Å². The third kappa shape index (κ3) is 2.53. The van der Waals surface area contributed by atoms with Crippen LogP contribution >= 0.6 is 0 Å². The molecule has 0 saturated heterocycles. The summed E-state index contributed by atoms with van der Waals surface area (Å²) in [6, 6.07) is 25.2. The molecule has 5 rings (SSSR count). The van der Waals surface area contributed by atoms with Crippen LogP contribution in [0, 0.1) is 0 Å². The molecule has 138 valence electrons. The number of rotatable bonds is 4. The van der Waals surface area contributed by atoms with Crippen LogP contribution < -0.4 is 0 Å². The van der Waals surface area contributed by atoms with Crippen molar-refractivity contribution in [2.24, 2.45) is 0 Å². The lowest BCUT2D eigenvalue weighted by Crippen LogP contribution is -1.99. The van der Waals surface area contributed by atoms with E-state index in [0.717, 1.165) is 46.9 Å². The highest BCUT2D eigenvalue weighted by Crippen LogP contribution is 2.30. The topological polar surface area (TPSA) is 35.6 Å². The summed E-state index contributed by atoms with van der Waals surface area (Å²) in [5, 5.41) is 0. The normalized spacial score (nSPS) is 11.5. The number of hydrogen-bond acceptors (Lipinski definition) is 2.